The number of anilines is 1. The van der Waals surface area contributed by atoms with E-state index in [2.05, 4.69) is 10.3 Å². The van der Waals surface area contributed by atoms with Gasteiger partial charge in [0, 0.05) is 31.2 Å². The van der Waals surface area contributed by atoms with Crippen LogP contribution in [-0.2, 0) is 6.42 Å². The summed E-state index contributed by atoms with van der Waals surface area (Å²) >= 11 is 0. The van der Waals surface area contributed by atoms with Crippen LogP contribution in [0.3, 0.4) is 0 Å². The molecule has 0 unspecified atom stereocenters. The van der Waals surface area contributed by atoms with Gasteiger partial charge in [0.25, 0.3) is 5.69 Å². The molecule has 3 rings (SSSR count). The maximum Gasteiger partial charge on any atom is 0.292 e. The van der Waals surface area contributed by atoms with Crippen molar-refractivity contribution in [3.8, 4) is 5.69 Å². The van der Waals surface area contributed by atoms with Gasteiger partial charge in [-0.2, -0.15) is 0 Å². The van der Waals surface area contributed by atoms with Crippen molar-refractivity contribution >= 4 is 11.4 Å². The number of aromatic nitrogens is 2. The normalized spacial score (nSPS) is 10.5. The minimum absolute atomic E-state index is 0.0881. The van der Waals surface area contributed by atoms with Crippen molar-refractivity contribution in [1.29, 1.82) is 0 Å². The maximum absolute atomic E-state index is 11.2. The van der Waals surface area contributed by atoms with Crippen LogP contribution in [0.25, 0.3) is 5.69 Å². The van der Waals surface area contributed by atoms with Crippen molar-refractivity contribution in [2.45, 2.75) is 6.42 Å². The summed E-state index contributed by atoms with van der Waals surface area (Å²) in [5.41, 5.74) is 3.59. The fraction of sp³-hybridized carbons (Fsp3) is 0.118. The molecule has 1 heterocycles. The largest absolute Gasteiger partial charge is 0.383 e. The van der Waals surface area contributed by atoms with Crippen LogP contribution in [0.4, 0.5) is 11.4 Å². The fourth-order valence-corrected chi connectivity index (χ4v) is 2.58. The molecule has 0 bridgehead atoms. The van der Waals surface area contributed by atoms with E-state index in [4.69, 9.17) is 0 Å². The third-order valence-electron chi connectivity index (χ3n) is 3.70. The van der Waals surface area contributed by atoms with Gasteiger partial charge in [0.05, 0.1) is 11.3 Å². The summed E-state index contributed by atoms with van der Waals surface area (Å²) in [5.74, 6) is 0. The molecule has 0 radical (unpaired) electrons. The molecule has 0 aliphatic rings. The number of rotatable bonds is 5. The summed E-state index contributed by atoms with van der Waals surface area (Å²) in [7, 11) is 1.68. The standard InChI is InChI=1S/C17H16N4O2/c1-18-15-7-6-13(11-17(15)21(22)23)10-14-4-2-3-5-16(14)20-9-8-19-12-20/h2-9,11-12,18H,10H2,1H3. The van der Waals surface area contributed by atoms with Gasteiger partial charge in [-0.25, -0.2) is 4.98 Å². The smallest absolute Gasteiger partial charge is 0.292 e. The number of nitro benzene ring substituents is 1. The Bertz CT molecular complexity index is 828. The highest BCUT2D eigenvalue weighted by atomic mass is 16.6. The second-order valence-electron chi connectivity index (χ2n) is 5.13. The topological polar surface area (TPSA) is 73.0 Å². The molecule has 2 aromatic carbocycles. The second kappa shape index (κ2) is 6.31. The third kappa shape index (κ3) is 3.06. The summed E-state index contributed by atoms with van der Waals surface area (Å²) < 4.78 is 1.94. The Kier molecular flexibility index (Phi) is 4.05. The van der Waals surface area contributed by atoms with Gasteiger partial charge in [0.2, 0.25) is 0 Å². The zero-order valence-corrected chi connectivity index (χ0v) is 12.6. The van der Waals surface area contributed by atoms with Gasteiger partial charge in [0.1, 0.15) is 5.69 Å². The number of hydrogen-bond acceptors (Lipinski definition) is 4. The highest BCUT2D eigenvalue weighted by Gasteiger charge is 2.14. The first-order chi connectivity index (χ1) is 11.2. The quantitative estimate of drug-likeness (QED) is 0.579. The molecule has 0 spiro atoms. The molecule has 6 heteroatoms. The molecule has 0 amide bonds. The zero-order chi connectivity index (χ0) is 16.2. The van der Waals surface area contributed by atoms with Gasteiger partial charge in [-0.15, -0.1) is 0 Å². The molecule has 1 aromatic heterocycles. The molecule has 0 aliphatic carbocycles. The Morgan fingerprint density at radius 2 is 2.09 bits per heavy atom. The molecule has 0 aliphatic heterocycles. The van der Waals surface area contributed by atoms with Gasteiger partial charge < -0.3 is 9.88 Å². The molecular weight excluding hydrogens is 292 g/mol. The number of nitro groups is 1. The lowest BCUT2D eigenvalue weighted by molar-refractivity contribution is -0.384. The molecule has 23 heavy (non-hydrogen) atoms. The van der Waals surface area contributed by atoms with Crippen molar-refractivity contribution in [1.82, 2.24) is 9.55 Å². The Morgan fingerprint density at radius 3 is 2.78 bits per heavy atom. The third-order valence-corrected chi connectivity index (χ3v) is 3.70. The van der Waals surface area contributed by atoms with E-state index < -0.39 is 0 Å². The van der Waals surface area contributed by atoms with Gasteiger partial charge >= 0.3 is 0 Å². The lowest BCUT2D eigenvalue weighted by Gasteiger charge is -2.11. The Hall–Kier alpha value is -3.15. The lowest BCUT2D eigenvalue weighted by atomic mass is 10.0. The van der Waals surface area contributed by atoms with Crippen molar-refractivity contribution < 1.29 is 4.92 Å². The minimum Gasteiger partial charge on any atom is -0.383 e. The van der Waals surface area contributed by atoms with Crippen LogP contribution in [0.15, 0.2) is 61.2 Å². The van der Waals surface area contributed by atoms with E-state index in [1.165, 1.54) is 0 Å². The van der Waals surface area contributed by atoms with Crippen molar-refractivity contribution in [3.63, 3.8) is 0 Å². The summed E-state index contributed by atoms with van der Waals surface area (Å²) in [6.07, 6.45) is 5.96. The van der Waals surface area contributed by atoms with Gasteiger partial charge in [-0.05, 0) is 29.7 Å². The highest BCUT2D eigenvalue weighted by Crippen LogP contribution is 2.27. The van der Waals surface area contributed by atoms with E-state index in [-0.39, 0.29) is 10.6 Å². The average Bonchev–Trinajstić information content (AvgIpc) is 3.09. The van der Waals surface area contributed by atoms with E-state index in [1.807, 2.05) is 41.1 Å². The van der Waals surface area contributed by atoms with Crippen LogP contribution in [0.2, 0.25) is 0 Å². The molecule has 0 saturated carbocycles. The van der Waals surface area contributed by atoms with Crippen LogP contribution in [0.1, 0.15) is 11.1 Å². The first-order valence-corrected chi connectivity index (χ1v) is 7.20. The number of nitrogens with one attached hydrogen (secondary N) is 1. The summed E-state index contributed by atoms with van der Waals surface area (Å²) in [6, 6.07) is 13.2. The monoisotopic (exact) mass is 308 g/mol. The lowest BCUT2D eigenvalue weighted by Crippen LogP contribution is -2.01. The van der Waals surface area contributed by atoms with Crippen LogP contribution in [0, 0.1) is 10.1 Å². The van der Waals surface area contributed by atoms with Crippen LogP contribution in [-0.4, -0.2) is 21.5 Å². The molecule has 116 valence electrons. The number of imidazole rings is 1. The summed E-state index contributed by atoms with van der Waals surface area (Å²) in [5, 5.41) is 14.0. The summed E-state index contributed by atoms with van der Waals surface area (Å²) in [4.78, 5) is 14.9. The van der Waals surface area contributed by atoms with E-state index >= 15 is 0 Å². The van der Waals surface area contributed by atoms with Gasteiger partial charge in [-0.1, -0.05) is 24.3 Å². The number of hydrogen-bond donors (Lipinski definition) is 1. The van der Waals surface area contributed by atoms with Crippen LogP contribution < -0.4 is 5.32 Å². The first kappa shape index (κ1) is 14.8. The maximum atomic E-state index is 11.2. The average molecular weight is 308 g/mol. The molecule has 0 fully saturated rings. The second-order valence-corrected chi connectivity index (χ2v) is 5.13. The molecular formula is C17H16N4O2. The van der Waals surface area contributed by atoms with Crippen LogP contribution >= 0.6 is 0 Å². The van der Waals surface area contributed by atoms with Gasteiger partial charge in [-0.3, -0.25) is 10.1 Å². The van der Waals surface area contributed by atoms with Crippen molar-refractivity contribution in [2.24, 2.45) is 0 Å². The highest BCUT2D eigenvalue weighted by molar-refractivity contribution is 5.62. The summed E-state index contributed by atoms with van der Waals surface area (Å²) in [6.45, 7) is 0. The molecule has 3 aromatic rings. The Balaban J connectivity index is 1.97. The Morgan fingerprint density at radius 1 is 1.26 bits per heavy atom. The van der Waals surface area contributed by atoms with Gasteiger partial charge in [0.15, 0.2) is 0 Å². The van der Waals surface area contributed by atoms with E-state index in [0.29, 0.717) is 12.1 Å². The molecule has 6 nitrogen and oxygen atoms in total. The SMILES string of the molecule is CNc1ccc(Cc2ccccc2-n2ccnc2)cc1[N+](=O)[O-]. The Labute approximate surface area is 133 Å². The van der Waals surface area contributed by atoms with E-state index in [0.717, 1.165) is 16.8 Å². The van der Waals surface area contributed by atoms with Crippen molar-refractivity contribution in [2.75, 3.05) is 12.4 Å². The fourth-order valence-electron chi connectivity index (χ4n) is 2.58. The minimum atomic E-state index is -0.364. The van der Waals surface area contributed by atoms with Crippen LogP contribution in [0.5, 0.6) is 0 Å². The van der Waals surface area contributed by atoms with E-state index in [1.54, 1.807) is 31.7 Å². The molecule has 1 N–H and O–H groups in total. The molecule has 0 saturated heterocycles. The predicted octanol–water partition coefficient (Wildman–Crippen LogP) is 3.41. The molecule has 0 atom stereocenters. The number of para-hydroxylation sites is 1. The van der Waals surface area contributed by atoms with E-state index in [9.17, 15) is 10.1 Å². The predicted molar refractivity (Wildman–Crippen MR) is 89.0 cm³/mol. The number of benzene rings is 2. The number of nitrogens with zero attached hydrogens (tertiary/aromatic N) is 3. The van der Waals surface area contributed by atoms with Crippen molar-refractivity contribution in [3.05, 3.63) is 82.4 Å². The first-order valence-electron chi connectivity index (χ1n) is 7.20. The zero-order valence-electron chi connectivity index (χ0n) is 12.6.